The molecule has 0 heterocycles. The molecule has 0 saturated heterocycles. The Bertz CT molecular complexity index is 78.8. The molecule has 0 nitrogen and oxygen atoms in total. The van der Waals surface area contributed by atoms with Crippen LogP contribution in [0.25, 0.3) is 0 Å². The van der Waals surface area contributed by atoms with Gasteiger partial charge < -0.3 is 0 Å². The maximum atomic E-state index is 2.34. The van der Waals surface area contributed by atoms with Gasteiger partial charge in [0.25, 0.3) is 0 Å². The van der Waals surface area contributed by atoms with E-state index >= 15 is 0 Å². The lowest BCUT2D eigenvalue weighted by molar-refractivity contribution is 0.427. The van der Waals surface area contributed by atoms with Crippen molar-refractivity contribution in [3.05, 3.63) is 0 Å². The molecule has 0 aliphatic heterocycles. The van der Waals surface area contributed by atoms with Crippen LogP contribution < -0.4 is 0 Å². The monoisotopic (exact) mass is 139 g/mol. The molecule has 2 atom stereocenters. The largest absolute Gasteiger partial charge is 0.110 e. The van der Waals surface area contributed by atoms with Crippen LogP contribution >= 0.6 is 0 Å². The molecule has 0 N–H and O–H groups in total. The zero-order chi connectivity index (χ0) is 8.15. The standard InChI is InChI=1S/C9H20B/c1-7(2)6-8(3)9(4)10-5/h7-9H,6H2,1-5H3. The van der Waals surface area contributed by atoms with E-state index in [1.54, 1.807) is 0 Å². The Balaban J connectivity index is 3.50. The Hall–Kier alpha value is 0.0649. The first kappa shape index (κ1) is 10.1. The van der Waals surface area contributed by atoms with Crippen molar-refractivity contribution in [1.29, 1.82) is 0 Å². The van der Waals surface area contributed by atoms with Gasteiger partial charge >= 0.3 is 0 Å². The van der Waals surface area contributed by atoms with Gasteiger partial charge in [-0.05, 0) is 18.3 Å². The molecule has 0 bridgehead atoms. The van der Waals surface area contributed by atoms with Crippen molar-refractivity contribution in [2.75, 3.05) is 0 Å². The van der Waals surface area contributed by atoms with Gasteiger partial charge in [0.1, 0.15) is 7.28 Å². The Kier molecular flexibility index (Phi) is 4.85. The van der Waals surface area contributed by atoms with Crippen molar-refractivity contribution >= 4 is 7.28 Å². The van der Waals surface area contributed by atoms with Crippen molar-refractivity contribution in [1.82, 2.24) is 0 Å². The second-order valence-electron chi connectivity index (χ2n) is 3.80. The van der Waals surface area contributed by atoms with Crippen molar-refractivity contribution in [2.24, 2.45) is 11.8 Å². The van der Waals surface area contributed by atoms with Crippen LogP contribution in [0.3, 0.4) is 0 Å². The summed E-state index contributed by atoms with van der Waals surface area (Å²) in [5.74, 6) is 2.48. The zero-order valence-electron chi connectivity index (χ0n) is 8.02. The fourth-order valence-corrected chi connectivity index (χ4v) is 1.29. The molecule has 10 heavy (non-hydrogen) atoms. The highest BCUT2D eigenvalue weighted by Crippen LogP contribution is 2.22. The van der Waals surface area contributed by atoms with Gasteiger partial charge in [0.05, 0.1) is 0 Å². The molecule has 0 aromatic rings. The average molecular weight is 139 g/mol. The second-order valence-corrected chi connectivity index (χ2v) is 3.80. The molecular weight excluding hydrogens is 119 g/mol. The smallest absolute Gasteiger partial charge is 0.0917 e. The lowest BCUT2D eigenvalue weighted by atomic mass is 9.61. The van der Waals surface area contributed by atoms with Gasteiger partial charge in [-0.1, -0.05) is 40.3 Å². The first-order valence-corrected chi connectivity index (χ1v) is 4.37. The molecule has 1 radical (unpaired) electrons. The van der Waals surface area contributed by atoms with Crippen molar-refractivity contribution < 1.29 is 0 Å². The SMILES string of the molecule is C[B]C(C)C(C)CC(C)C. The van der Waals surface area contributed by atoms with E-state index < -0.39 is 0 Å². The third-order valence-electron chi connectivity index (χ3n) is 2.27. The maximum absolute atomic E-state index is 2.34. The van der Waals surface area contributed by atoms with Crippen LogP contribution in [0.15, 0.2) is 0 Å². The van der Waals surface area contributed by atoms with Gasteiger partial charge in [0.15, 0.2) is 0 Å². The molecule has 0 aromatic heterocycles. The van der Waals surface area contributed by atoms with Crippen LogP contribution in [0.1, 0.15) is 34.1 Å². The highest BCUT2D eigenvalue weighted by Gasteiger charge is 2.11. The minimum atomic E-state index is 0.780. The molecule has 0 rings (SSSR count). The molecule has 0 aromatic carbocycles. The zero-order valence-corrected chi connectivity index (χ0v) is 8.02. The predicted octanol–water partition coefficient (Wildman–Crippen LogP) is 3.23. The fraction of sp³-hybridized carbons (Fsp3) is 1.00. The summed E-state index contributed by atoms with van der Waals surface area (Å²) in [7, 11) is 2.30. The summed E-state index contributed by atoms with van der Waals surface area (Å²) in [6.07, 6.45) is 1.35. The van der Waals surface area contributed by atoms with Crippen LogP contribution in [0, 0.1) is 11.8 Å². The van der Waals surface area contributed by atoms with Gasteiger partial charge in [-0.2, -0.15) is 0 Å². The van der Waals surface area contributed by atoms with E-state index in [1.807, 2.05) is 0 Å². The van der Waals surface area contributed by atoms with E-state index in [1.165, 1.54) is 6.42 Å². The molecule has 0 fully saturated rings. The van der Waals surface area contributed by atoms with Gasteiger partial charge in [-0.25, -0.2) is 0 Å². The maximum Gasteiger partial charge on any atom is 0.110 e. The van der Waals surface area contributed by atoms with Crippen molar-refractivity contribution in [3.63, 3.8) is 0 Å². The number of rotatable bonds is 4. The van der Waals surface area contributed by atoms with Crippen molar-refractivity contribution in [2.45, 2.75) is 46.8 Å². The Morgan fingerprint density at radius 3 is 1.90 bits per heavy atom. The van der Waals surface area contributed by atoms with E-state index in [-0.39, 0.29) is 0 Å². The summed E-state index contributed by atoms with van der Waals surface area (Å²) in [4.78, 5) is 0. The molecule has 2 unspecified atom stereocenters. The summed E-state index contributed by atoms with van der Waals surface area (Å²) in [5.41, 5.74) is 0. The van der Waals surface area contributed by atoms with Gasteiger partial charge in [0, 0.05) is 0 Å². The second kappa shape index (κ2) is 4.82. The topological polar surface area (TPSA) is 0 Å². The summed E-state index contributed by atoms with van der Waals surface area (Å²) in [6, 6.07) is 0. The minimum absolute atomic E-state index is 0.780. The molecule has 0 aliphatic carbocycles. The van der Waals surface area contributed by atoms with E-state index in [0.29, 0.717) is 0 Å². The van der Waals surface area contributed by atoms with Crippen LogP contribution in [0.2, 0.25) is 12.6 Å². The van der Waals surface area contributed by atoms with E-state index in [2.05, 4.69) is 41.8 Å². The minimum Gasteiger partial charge on any atom is -0.0917 e. The molecule has 0 spiro atoms. The first-order valence-electron chi connectivity index (χ1n) is 4.37. The fourth-order valence-electron chi connectivity index (χ4n) is 1.29. The third kappa shape index (κ3) is 3.97. The lowest BCUT2D eigenvalue weighted by Gasteiger charge is -2.19. The molecular formula is C9H20B. The van der Waals surface area contributed by atoms with Crippen LogP contribution in [0.4, 0.5) is 0 Å². The Morgan fingerprint density at radius 2 is 1.60 bits per heavy atom. The third-order valence-corrected chi connectivity index (χ3v) is 2.27. The normalized spacial score (nSPS) is 17.0. The van der Waals surface area contributed by atoms with Gasteiger partial charge in [-0.3, -0.25) is 0 Å². The van der Waals surface area contributed by atoms with Crippen LogP contribution in [-0.2, 0) is 0 Å². The van der Waals surface area contributed by atoms with E-state index in [4.69, 9.17) is 0 Å². The average Bonchev–Trinajstić information content (AvgIpc) is 1.85. The first-order chi connectivity index (χ1) is 4.57. The molecule has 0 amide bonds. The number of hydrogen-bond donors (Lipinski definition) is 0. The number of hydrogen-bond acceptors (Lipinski definition) is 0. The summed E-state index contributed by atoms with van der Waals surface area (Å²) in [5, 5.41) is 0. The highest BCUT2D eigenvalue weighted by atomic mass is 14.1. The Morgan fingerprint density at radius 1 is 1.10 bits per heavy atom. The predicted molar refractivity (Wildman–Crippen MR) is 49.7 cm³/mol. The van der Waals surface area contributed by atoms with Crippen LogP contribution in [-0.4, -0.2) is 7.28 Å². The molecule has 59 valence electrons. The Labute approximate surface area is 66.6 Å². The summed E-state index contributed by atoms with van der Waals surface area (Å²) in [6.45, 7) is 11.4. The van der Waals surface area contributed by atoms with E-state index in [9.17, 15) is 0 Å². The molecule has 0 saturated carbocycles. The molecule has 1 heteroatoms. The van der Waals surface area contributed by atoms with Gasteiger partial charge in [-0.15, -0.1) is 0 Å². The summed E-state index contributed by atoms with van der Waals surface area (Å²) >= 11 is 0. The molecule has 0 aliphatic rings. The van der Waals surface area contributed by atoms with Gasteiger partial charge in [0.2, 0.25) is 0 Å². The van der Waals surface area contributed by atoms with E-state index in [0.717, 1.165) is 17.7 Å². The highest BCUT2D eigenvalue weighted by molar-refractivity contribution is 6.35. The quantitative estimate of drug-likeness (QED) is 0.524. The van der Waals surface area contributed by atoms with Crippen LogP contribution in [0.5, 0.6) is 0 Å². The van der Waals surface area contributed by atoms with Crippen molar-refractivity contribution in [3.8, 4) is 0 Å². The summed E-state index contributed by atoms with van der Waals surface area (Å²) < 4.78 is 0. The lowest BCUT2D eigenvalue weighted by Crippen LogP contribution is -2.09.